The summed E-state index contributed by atoms with van der Waals surface area (Å²) in [5.41, 5.74) is -0.798. The predicted octanol–water partition coefficient (Wildman–Crippen LogP) is 3.23. The summed E-state index contributed by atoms with van der Waals surface area (Å²) >= 11 is 5.40. The lowest BCUT2D eigenvalue weighted by Gasteiger charge is -2.10. The third kappa shape index (κ3) is 1.74. The molecule has 1 saturated heterocycles. The van der Waals surface area contributed by atoms with Crippen LogP contribution in [0.25, 0.3) is 0 Å². The highest BCUT2D eigenvalue weighted by molar-refractivity contribution is 7.57. The molecule has 0 N–H and O–H groups in total. The van der Waals surface area contributed by atoms with E-state index in [1.54, 1.807) is 0 Å². The molecule has 0 bridgehead atoms. The predicted molar refractivity (Wildman–Crippen MR) is 35.8 cm³/mol. The molecule has 1 nitrogen and oxygen atoms in total. The molecule has 1 atom stereocenters. The summed E-state index contributed by atoms with van der Waals surface area (Å²) in [4.78, 5) is 0. The van der Waals surface area contributed by atoms with Gasteiger partial charge in [-0.3, -0.25) is 0 Å². The Morgan fingerprint density at radius 1 is 1.40 bits per heavy atom. The lowest BCUT2D eigenvalue weighted by molar-refractivity contribution is 0.388. The molecule has 0 spiro atoms. The third-order valence-corrected chi connectivity index (χ3v) is 3.10. The zero-order valence-corrected chi connectivity index (χ0v) is 6.76. The van der Waals surface area contributed by atoms with Crippen LogP contribution in [-0.4, -0.2) is 16.7 Å². The SMILES string of the molecule is F[P+](F)(F)N1CCCC1Cl. The van der Waals surface area contributed by atoms with Gasteiger partial charge in [-0.1, -0.05) is 4.67 Å². The zero-order valence-electron chi connectivity index (χ0n) is 5.10. The van der Waals surface area contributed by atoms with E-state index in [1.807, 2.05) is 0 Å². The van der Waals surface area contributed by atoms with Gasteiger partial charge in [-0.15, -0.1) is 11.6 Å². The number of alkyl halides is 1. The summed E-state index contributed by atoms with van der Waals surface area (Å²) in [6.45, 7) is 0.0887. The molecule has 60 valence electrons. The quantitative estimate of drug-likeness (QED) is 0.350. The highest BCUT2D eigenvalue weighted by atomic mass is 35.5. The molecule has 1 rings (SSSR count). The van der Waals surface area contributed by atoms with E-state index in [0.717, 1.165) is 0 Å². The average Bonchev–Trinajstić information content (AvgIpc) is 2.11. The van der Waals surface area contributed by atoms with E-state index in [9.17, 15) is 12.6 Å². The van der Waals surface area contributed by atoms with Gasteiger partial charge in [0.15, 0.2) is 0 Å². The molecule has 1 fully saturated rings. The summed E-state index contributed by atoms with van der Waals surface area (Å²) in [5.74, 6) is 0. The van der Waals surface area contributed by atoms with Gasteiger partial charge < -0.3 is 0 Å². The van der Waals surface area contributed by atoms with E-state index in [1.165, 1.54) is 0 Å². The van der Waals surface area contributed by atoms with Gasteiger partial charge in [0.25, 0.3) is 0 Å². The Kier molecular flexibility index (Phi) is 2.43. The van der Waals surface area contributed by atoms with Crippen molar-refractivity contribution in [1.82, 2.24) is 4.67 Å². The van der Waals surface area contributed by atoms with Crippen molar-refractivity contribution in [3.63, 3.8) is 0 Å². The minimum atomic E-state index is -5.32. The van der Waals surface area contributed by atoms with Gasteiger partial charge in [-0.25, -0.2) is 0 Å². The number of rotatable bonds is 1. The zero-order chi connectivity index (χ0) is 7.78. The number of hydrogen-bond donors (Lipinski definition) is 0. The van der Waals surface area contributed by atoms with Gasteiger partial charge >= 0.3 is 8.35 Å². The van der Waals surface area contributed by atoms with Gasteiger partial charge in [0.05, 0.1) is 0 Å². The first-order valence-electron chi connectivity index (χ1n) is 2.91. The van der Waals surface area contributed by atoms with E-state index < -0.39 is 13.8 Å². The van der Waals surface area contributed by atoms with Crippen molar-refractivity contribution >= 4 is 19.9 Å². The van der Waals surface area contributed by atoms with Gasteiger partial charge in [0.2, 0.25) is 0 Å². The van der Waals surface area contributed by atoms with Crippen LogP contribution in [0.2, 0.25) is 0 Å². The normalized spacial score (nSPS) is 29.4. The summed E-state index contributed by atoms with van der Waals surface area (Å²) in [7, 11) is -5.32. The summed E-state index contributed by atoms with van der Waals surface area (Å²) in [6, 6.07) is 0. The summed E-state index contributed by atoms with van der Waals surface area (Å²) in [5, 5.41) is 0. The Morgan fingerprint density at radius 3 is 2.20 bits per heavy atom. The molecule has 0 aromatic carbocycles. The van der Waals surface area contributed by atoms with Crippen LogP contribution in [0.1, 0.15) is 12.8 Å². The molecule has 6 heteroatoms. The molecule has 0 radical (unpaired) electrons. The molecule has 0 saturated carbocycles. The highest BCUT2D eigenvalue weighted by Crippen LogP contribution is 2.69. The van der Waals surface area contributed by atoms with Gasteiger partial charge in [0.1, 0.15) is 5.50 Å². The second-order valence-electron chi connectivity index (χ2n) is 2.16. The van der Waals surface area contributed by atoms with Crippen molar-refractivity contribution in [2.75, 3.05) is 6.54 Å². The standard InChI is InChI=1S/C4H7ClF3NP/c5-4-2-1-3-9(4)10(6,7)8/h4H,1-3H2/q+1. The monoisotopic (exact) mass is 192 g/mol. The fourth-order valence-corrected chi connectivity index (χ4v) is 2.28. The summed E-state index contributed by atoms with van der Waals surface area (Å²) < 4.78 is 36.4. The fourth-order valence-electron chi connectivity index (χ4n) is 0.966. The van der Waals surface area contributed by atoms with Crippen molar-refractivity contribution in [3.8, 4) is 0 Å². The minimum Gasteiger partial charge on any atom is -0.102 e. The second kappa shape index (κ2) is 2.84. The second-order valence-corrected chi connectivity index (χ2v) is 4.01. The van der Waals surface area contributed by atoms with Crippen LogP contribution in [0, 0.1) is 0 Å². The largest absolute Gasteiger partial charge is 0.649 e. The fraction of sp³-hybridized carbons (Fsp3) is 1.00. The van der Waals surface area contributed by atoms with E-state index in [4.69, 9.17) is 11.6 Å². The molecule has 1 aliphatic heterocycles. The molecule has 1 unspecified atom stereocenters. The van der Waals surface area contributed by atoms with Crippen molar-refractivity contribution < 1.29 is 12.6 Å². The minimum absolute atomic E-state index is 0.0887. The molecule has 0 aromatic rings. The Morgan fingerprint density at radius 2 is 2.00 bits per heavy atom. The molecule has 10 heavy (non-hydrogen) atoms. The lowest BCUT2D eigenvalue weighted by Crippen LogP contribution is -2.19. The first-order chi connectivity index (χ1) is 4.52. The molecule has 0 aliphatic carbocycles. The molecular weight excluding hydrogens is 185 g/mol. The van der Waals surface area contributed by atoms with Gasteiger partial charge in [-0.05, 0) is 12.8 Å². The number of halogens is 4. The van der Waals surface area contributed by atoms with E-state index in [2.05, 4.69) is 0 Å². The van der Waals surface area contributed by atoms with Gasteiger partial charge in [-0.2, -0.15) is 0 Å². The lowest BCUT2D eigenvalue weighted by atomic mass is 10.4. The first-order valence-corrected chi connectivity index (χ1v) is 4.76. The van der Waals surface area contributed by atoms with Crippen LogP contribution in [0.5, 0.6) is 0 Å². The number of hydrogen-bond acceptors (Lipinski definition) is 1. The molecule has 0 aromatic heterocycles. The highest BCUT2D eigenvalue weighted by Gasteiger charge is 2.56. The molecular formula is C4H7ClF3NP+. The van der Waals surface area contributed by atoms with Crippen LogP contribution < -0.4 is 0 Å². The van der Waals surface area contributed by atoms with Crippen LogP contribution >= 0.6 is 19.9 Å². The Hall–Kier alpha value is 0.470. The first kappa shape index (κ1) is 8.57. The van der Waals surface area contributed by atoms with E-state index >= 15 is 0 Å². The van der Waals surface area contributed by atoms with Crippen molar-refractivity contribution in [1.29, 1.82) is 0 Å². The van der Waals surface area contributed by atoms with E-state index in [-0.39, 0.29) is 6.54 Å². The smallest absolute Gasteiger partial charge is 0.102 e. The van der Waals surface area contributed by atoms with Crippen LogP contribution in [0.15, 0.2) is 0 Å². The van der Waals surface area contributed by atoms with Crippen LogP contribution in [0.3, 0.4) is 0 Å². The maximum Gasteiger partial charge on any atom is 0.649 e. The number of nitrogens with zero attached hydrogens (tertiary/aromatic N) is 1. The third-order valence-electron chi connectivity index (χ3n) is 1.44. The maximum absolute atomic E-state index is 12.0. The summed E-state index contributed by atoms with van der Waals surface area (Å²) in [6.07, 6.45) is 1.02. The Labute approximate surface area is 62.9 Å². The van der Waals surface area contributed by atoms with Crippen LogP contribution in [-0.2, 0) is 0 Å². The Balaban J connectivity index is 2.55. The topological polar surface area (TPSA) is 3.24 Å². The van der Waals surface area contributed by atoms with Crippen LogP contribution in [0.4, 0.5) is 12.6 Å². The molecule has 0 amide bonds. The van der Waals surface area contributed by atoms with Gasteiger partial charge in [0, 0.05) is 19.1 Å². The van der Waals surface area contributed by atoms with E-state index in [0.29, 0.717) is 17.5 Å². The van der Waals surface area contributed by atoms with Crippen molar-refractivity contribution in [2.45, 2.75) is 18.3 Å². The van der Waals surface area contributed by atoms with Crippen molar-refractivity contribution in [3.05, 3.63) is 0 Å². The van der Waals surface area contributed by atoms with Crippen molar-refractivity contribution in [2.24, 2.45) is 0 Å². The average molecular weight is 193 g/mol. The Bertz CT molecular complexity index is 128. The molecule has 1 aliphatic rings. The maximum atomic E-state index is 12.0. The molecule has 1 heterocycles.